The summed E-state index contributed by atoms with van der Waals surface area (Å²) in [7, 11) is -8.74. The first-order chi connectivity index (χ1) is 11.2. The second-order valence-electron chi connectivity index (χ2n) is 7.01. The molecule has 2 atom stereocenters. The quantitative estimate of drug-likeness (QED) is 0.306. The van der Waals surface area contributed by atoms with Crippen molar-refractivity contribution in [3.8, 4) is 0 Å². The van der Waals surface area contributed by atoms with Crippen LogP contribution in [-0.2, 0) is 20.2 Å². The summed E-state index contributed by atoms with van der Waals surface area (Å²) in [5.41, 5.74) is 1.09. The van der Waals surface area contributed by atoms with Gasteiger partial charge in [-0.2, -0.15) is 8.42 Å². The second-order valence-corrected chi connectivity index (χ2v) is 11.0. The molecule has 0 amide bonds. The Morgan fingerprint density at radius 3 is 2.40 bits per heavy atom. The Balaban J connectivity index is 2.32. The zero-order chi connectivity index (χ0) is 19.3. The first-order valence-electron chi connectivity index (χ1n) is 7.85. The van der Waals surface area contributed by atoms with Crippen molar-refractivity contribution in [3.05, 3.63) is 23.8 Å². The molecule has 25 heavy (non-hydrogen) atoms. The van der Waals surface area contributed by atoms with E-state index in [1.807, 2.05) is 25.3 Å². The first kappa shape index (κ1) is 20.6. The number of hydrogen-bond donors (Lipinski definition) is 1. The Morgan fingerprint density at radius 2 is 1.88 bits per heavy atom. The SMILES string of the molecule is CC1[N+](CCCCS(=O)(=O)[O-])=C2C=CC(Cl)(S(=O)(=O)O)C=C2C1(C)C. The molecule has 0 spiro atoms. The van der Waals surface area contributed by atoms with Crippen LogP contribution in [0.4, 0.5) is 0 Å². The van der Waals surface area contributed by atoms with Crippen molar-refractivity contribution in [1.29, 1.82) is 0 Å². The summed E-state index contributed by atoms with van der Waals surface area (Å²) in [5, 5.41) is 0. The number of halogens is 1. The van der Waals surface area contributed by atoms with E-state index in [0.717, 1.165) is 5.71 Å². The molecule has 10 heteroatoms. The van der Waals surface area contributed by atoms with Crippen LogP contribution in [0.5, 0.6) is 0 Å². The van der Waals surface area contributed by atoms with Gasteiger partial charge in [0.2, 0.25) is 9.92 Å². The maximum Gasteiger partial charge on any atom is 0.292 e. The van der Waals surface area contributed by atoms with Gasteiger partial charge >= 0.3 is 0 Å². The highest BCUT2D eigenvalue weighted by molar-refractivity contribution is 7.89. The zero-order valence-electron chi connectivity index (χ0n) is 14.3. The summed E-state index contributed by atoms with van der Waals surface area (Å²) in [6.45, 7) is 6.41. The maximum absolute atomic E-state index is 11.6. The zero-order valence-corrected chi connectivity index (χ0v) is 16.7. The molecular formula is C15H22ClNO6S2. The third-order valence-corrected chi connectivity index (χ3v) is 7.69. The van der Waals surface area contributed by atoms with Crippen LogP contribution in [-0.4, -0.2) is 58.8 Å². The van der Waals surface area contributed by atoms with E-state index in [4.69, 9.17) is 11.6 Å². The summed E-state index contributed by atoms with van der Waals surface area (Å²) in [6.07, 6.45) is 4.93. The van der Waals surface area contributed by atoms with E-state index in [9.17, 15) is 25.9 Å². The van der Waals surface area contributed by atoms with Crippen LogP contribution in [0, 0.1) is 5.41 Å². The minimum absolute atomic E-state index is 0.00247. The Labute approximate surface area is 153 Å². The van der Waals surface area contributed by atoms with Gasteiger partial charge in [0.05, 0.1) is 15.5 Å². The average molecular weight is 412 g/mol. The van der Waals surface area contributed by atoms with Gasteiger partial charge in [0.25, 0.3) is 10.1 Å². The molecule has 1 heterocycles. The molecule has 2 unspecified atom stereocenters. The monoisotopic (exact) mass is 411 g/mol. The number of nitrogens with zero attached hydrogens (tertiary/aromatic N) is 1. The number of rotatable bonds is 6. The lowest BCUT2D eigenvalue weighted by Crippen LogP contribution is -2.34. The Kier molecular flexibility index (Phi) is 5.31. The summed E-state index contributed by atoms with van der Waals surface area (Å²) in [5.74, 6) is -0.403. The first-order valence-corrected chi connectivity index (χ1v) is 11.2. The average Bonchev–Trinajstić information content (AvgIpc) is 2.62. The fourth-order valence-corrected chi connectivity index (χ4v) is 4.46. The van der Waals surface area contributed by atoms with Gasteiger partial charge < -0.3 is 4.55 Å². The standard InChI is InChI=1S/C15H22ClNO6S2/c1-11-14(2,3)12-10-15(16,25(21,22)23)7-6-13(12)17(11)8-4-5-9-24(18,19)20/h6-7,10-11H,4-5,8-9H2,1-3H3,(H-,18,19,20,21,22,23). The van der Waals surface area contributed by atoms with Gasteiger partial charge in [-0.15, -0.1) is 0 Å². The van der Waals surface area contributed by atoms with Gasteiger partial charge in [0.1, 0.15) is 6.54 Å². The highest BCUT2D eigenvalue weighted by Crippen LogP contribution is 2.44. The Hall–Kier alpha value is -0.740. The molecule has 2 aliphatic rings. The Morgan fingerprint density at radius 1 is 1.28 bits per heavy atom. The fourth-order valence-electron chi connectivity index (χ4n) is 3.23. The highest BCUT2D eigenvalue weighted by Gasteiger charge is 2.52. The normalized spacial score (nSPS) is 28.9. The number of alkyl halides is 1. The molecule has 0 radical (unpaired) electrons. The summed E-state index contributed by atoms with van der Waals surface area (Å²) >= 11 is 6.08. The Bertz CT molecular complexity index is 870. The van der Waals surface area contributed by atoms with E-state index in [2.05, 4.69) is 0 Å². The van der Waals surface area contributed by atoms with Crippen LogP contribution in [0.2, 0.25) is 0 Å². The molecule has 1 N–H and O–H groups in total. The van der Waals surface area contributed by atoms with E-state index < -0.39 is 35.6 Å². The molecule has 0 aromatic carbocycles. The number of hydrogen-bond acceptors (Lipinski definition) is 5. The van der Waals surface area contributed by atoms with Crippen LogP contribution in [0.1, 0.15) is 33.6 Å². The van der Waals surface area contributed by atoms with Crippen LogP contribution < -0.4 is 0 Å². The van der Waals surface area contributed by atoms with E-state index >= 15 is 0 Å². The predicted octanol–water partition coefficient (Wildman–Crippen LogP) is 1.51. The van der Waals surface area contributed by atoms with E-state index in [1.165, 1.54) is 12.2 Å². The van der Waals surface area contributed by atoms with Crippen LogP contribution >= 0.6 is 11.6 Å². The van der Waals surface area contributed by atoms with Gasteiger partial charge in [-0.05, 0) is 39.3 Å². The molecule has 0 bridgehead atoms. The van der Waals surface area contributed by atoms with E-state index in [0.29, 0.717) is 18.5 Å². The minimum Gasteiger partial charge on any atom is -0.748 e. The highest BCUT2D eigenvalue weighted by atomic mass is 35.5. The smallest absolute Gasteiger partial charge is 0.292 e. The van der Waals surface area contributed by atoms with Crippen molar-refractivity contribution in [2.45, 2.75) is 43.9 Å². The lowest BCUT2D eigenvalue weighted by Gasteiger charge is -2.26. The van der Waals surface area contributed by atoms with E-state index in [1.54, 1.807) is 6.08 Å². The third kappa shape index (κ3) is 4.00. The summed E-state index contributed by atoms with van der Waals surface area (Å²) in [4.78, 5) is 0. The van der Waals surface area contributed by atoms with Crippen molar-refractivity contribution in [2.75, 3.05) is 12.3 Å². The van der Waals surface area contributed by atoms with Gasteiger partial charge in [0.15, 0.2) is 6.04 Å². The molecule has 0 fully saturated rings. The largest absolute Gasteiger partial charge is 0.748 e. The van der Waals surface area contributed by atoms with Crippen molar-refractivity contribution in [1.82, 2.24) is 0 Å². The number of unbranched alkanes of at least 4 members (excludes halogenated alkanes) is 1. The minimum atomic E-state index is -4.52. The van der Waals surface area contributed by atoms with Gasteiger partial charge in [-0.25, -0.2) is 13.0 Å². The fraction of sp³-hybridized carbons (Fsp3) is 0.667. The number of allylic oxidation sites excluding steroid dienone is 1. The molecule has 2 rings (SSSR count). The summed E-state index contributed by atoms with van der Waals surface area (Å²) < 4.78 is 64.7. The molecule has 0 saturated heterocycles. The van der Waals surface area contributed by atoms with Crippen LogP contribution in [0.15, 0.2) is 23.8 Å². The molecule has 1 aliphatic heterocycles. The van der Waals surface area contributed by atoms with Crippen LogP contribution in [0.3, 0.4) is 0 Å². The van der Waals surface area contributed by atoms with Crippen molar-refractivity contribution < 1.29 is 30.5 Å². The molecule has 1 aliphatic carbocycles. The number of fused-ring (bicyclic) bond motifs is 1. The lowest BCUT2D eigenvalue weighted by atomic mass is 9.77. The van der Waals surface area contributed by atoms with Crippen molar-refractivity contribution >= 4 is 37.5 Å². The van der Waals surface area contributed by atoms with Gasteiger partial charge in [0, 0.05) is 23.8 Å². The van der Waals surface area contributed by atoms with E-state index in [-0.39, 0.29) is 12.5 Å². The molecule has 0 saturated carbocycles. The molecule has 0 aromatic heterocycles. The van der Waals surface area contributed by atoms with Gasteiger partial charge in [-0.1, -0.05) is 11.6 Å². The molecule has 7 nitrogen and oxygen atoms in total. The van der Waals surface area contributed by atoms with Crippen molar-refractivity contribution in [3.63, 3.8) is 0 Å². The molecule has 0 aromatic rings. The molecular weight excluding hydrogens is 390 g/mol. The molecule has 142 valence electrons. The third-order valence-electron chi connectivity index (χ3n) is 5.04. The maximum atomic E-state index is 11.6. The summed E-state index contributed by atoms with van der Waals surface area (Å²) in [6, 6.07) is 0.00247. The second kappa shape index (κ2) is 6.45. The predicted molar refractivity (Wildman–Crippen MR) is 94.5 cm³/mol. The topological polar surface area (TPSA) is 115 Å². The van der Waals surface area contributed by atoms with Crippen LogP contribution in [0.25, 0.3) is 0 Å². The van der Waals surface area contributed by atoms with Crippen molar-refractivity contribution in [2.24, 2.45) is 5.41 Å². The van der Waals surface area contributed by atoms with Gasteiger partial charge in [-0.3, -0.25) is 4.55 Å². The lowest BCUT2D eigenvalue weighted by molar-refractivity contribution is -0.565.